The molecule has 6 heteroatoms. The molecule has 0 spiro atoms. The molecule has 0 saturated carbocycles. The Balaban J connectivity index is 1.58. The van der Waals surface area contributed by atoms with Gasteiger partial charge in [-0.3, -0.25) is 4.79 Å². The average molecular weight is 344 g/mol. The molecule has 0 bridgehead atoms. The monoisotopic (exact) mass is 344 g/mol. The highest BCUT2D eigenvalue weighted by molar-refractivity contribution is 7.13. The van der Waals surface area contributed by atoms with Crippen molar-refractivity contribution in [1.29, 1.82) is 0 Å². The lowest BCUT2D eigenvalue weighted by Crippen LogP contribution is -2.26. The zero-order valence-electron chi connectivity index (χ0n) is 12.6. The number of nitrogens with zero attached hydrogens (tertiary/aromatic N) is 1. The molecular weight excluding hydrogens is 330 g/mol. The van der Waals surface area contributed by atoms with Crippen molar-refractivity contribution < 1.29 is 13.6 Å². The van der Waals surface area contributed by atoms with Crippen molar-refractivity contribution in [1.82, 2.24) is 10.3 Å². The second kappa shape index (κ2) is 7.31. The first-order valence-corrected chi connectivity index (χ1v) is 8.24. The summed E-state index contributed by atoms with van der Waals surface area (Å²) in [4.78, 5) is 16.3. The molecule has 0 saturated heterocycles. The Kier molecular flexibility index (Phi) is 4.96. The lowest BCUT2D eigenvalue weighted by Gasteiger charge is -2.04. The smallest absolute Gasteiger partial charge is 0.254 e. The first-order chi connectivity index (χ1) is 11.6. The fourth-order valence-electron chi connectivity index (χ4n) is 2.22. The number of amides is 1. The molecule has 0 aliphatic carbocycles. The van der Waals surface area contributed by atoms with Gasteiger partial charge in [0.15, 0.2) is 0 Å². The molecule has 0 aliphatic rings. The Bertz CT molecular complexity index is 863. The first-order valence-electron chi connectivity index (χ1n) is 7.36. The minimum atomic E-state index is -0.544. The summed E-state index contributed by atoms with van der Waals surface area (Å²) in [6.45, 7) is 0.347. The highest BCUT2D eigenvalue weighted by atomic mass is 32.1. The molecule has 1 heterocycles. The van der Waals surface area contributed by atoms with Gasteiger partial charge in [0.2, 0.25) is 0 Å². The molecule has 24 heavy (non-hydrogen) atoms. The molecule has 1 aromatic heterocycles. The number of thiazole rings is 1. The van der Waals surface area contributed by atoms with Gasteiger partial charge in [0, 0.05) is 23.9 Å². The SMILES string of the molecule is O=C(NCCc1csc(-c2cccc(F)c2)n1)c1ccccc1F. The molecule has 1 amide bonds. The number of nitrogens with one attached hydrogen (secondary N) is 1. The number of hydrogen-bond donors (Lipinski definition) is 1. The summed E-state index contributed by atoms with van der Waals surface area (Å²) in [5.41, 5.74) is 1.55. The van der Waals surface area contributed by atoms with Gasteiger partial charge in [-0.1, -0.05) is 24.3 Å². The molecule has 3 aromatic rings. The van der Waals surface area contributed by atoms with Crippen molar-refractivity contribution in [2.45, 2.75) is 6.42 Å². The van der Waals surface area contributed by atoms with Crippen LogP contribution in [0.2, 0.25) is 0 Å². The fraction of sp³-hybridized carbons (Fsp3) is 0.111. The molecule has 1 N–H and O–H groups in total. The Labute approximate surface area is 142 Å². The van der Waals surface area contributed by atoms with Crippen molar-refractivity contribution in [2.75, 3.05) is 6.54 Å². The summed E-state index contributed by atoms with van der Waals surface area (Å²) >= 11 is 1.42. The van der Waals surface area contributed by atoms with Gasteiger partial charge in [-0.15, -0.1) is 11.3 Å². The summed E-state index contributed by atoms with van der Waals surface area (Å²) in [6, 6.07) is 12.1. The second-order valence-corrected chi connectivity index (χ2v) is 6.00. The second-order valence-electron chi connectivity index (χ2n) is 5.14. The quantitative estimate of drug-likeness (QED) is 0.758. The Hall–Kier alpha value is -2.60. The van der Waals surface area contributed by atoms with Crippen LogP contribution in [0.25, 0.3) is 10.6 Å². The number of rotatable bonds is 5. The topological polar surface area (TPSA) is 42.0 Å². The van der Waals surface area contributed by atoms with E-state index in [1.54, 1.807) is 18.2 Å². The maximum Gasteiger partial charge on any atom is 0.254 e. The molecule has 0 radical (unpaired) electrons. The van der Waals surface area contributed by atoms with Crippen LogP contribution in [0.3, 0.4) is 0 Å². The standard InChI is InChI=1S/C18H14F2N2OS/c19-13-5-3-4-12(10-13)18-22-14(11-24-18)8-9-21-17(23)15-6-1-2-7-16(15)20/h1-7,10-11H,8-9H2,(H,21,23). The van der Waals surface area contributed by atoms with Gasteiger partial charge >= 0.3 is 0 Å². The highest BCUT2D eigenvalue weighted by Gasteiger charge is 2.11. The summed E-state index contributed by atoms with van der Waals surface area (Å²) in [6.07, 6.45) is 0.520. The molecule has 0 fully saturated rings. The molecule has 3 nitrogen and oxygen atoms in total. The van der Waals surface area contributed by atoms with E-state index in [0.717, 1.165) is 16.3 Å². The molecular formula is C18H14F2N2OS. The molecule has 3 rings (SSSR count). The van der Waals surface area contributed by atoms with E-state index in [4.69, 9.17) is 0 Å². The Morgan fingerprint density at radius 3 is 2.75 bits per heavy atom. The van der Waals surface area contributed by atoms with Crippen LogP contribution in [-0.4, -0.2) is 17.4 Å². The first kappa shape index (κ1) is 16.3. The lowest BCUT2D eigenvalue weighted by molar-refractivity contribution is 0.0950. The number of carbonyl (C=O) groups excluding carboxylic acids is 1. The number of halogens is 2. The van der Waals surface area contributed by atoms with Gasteiger partial charge in [-0.05, 0) is 24.3 Å². The Morgan fingerprint density at radius 2 is 1.96 bits per heavy atom. The zero-order chi connectivity index (χ0) is 16.9. The summed E-state index contributed by atoms with van der Waals surface area (Å²) in [7, 11) is 0. The number of aromatic nitrogens is 1. The average Bonchev–Trinajstić information content (AvgIpc) is 3.04. The van der Waals surface area contributed by atoms with Crippen LogP contribution in [0.4, 0.5) is 8.78 Å². The van der Waals surface area contributed by atoms with E-state index >= 15 is 0 Å². The van der Waals surface area contributed by atoms with Gasteiger partial charge in [0.05, 0.1) is 11.3 Å². The van der Waals surface area contributed by atoms with Crippen LogP contribution >= 0.6 is 11.3 Å². The van der Waals surface area contributed by atoms with E-state index in [0.29, 0.717) is 13.0 Å². The van der Waals surface area contributed by atoms with Crippen LogP contribution in [0.5, 0.6) is 0 Å². The maximum absolute atomic E-state index is 13.5. The van der Waals surface area contributed by atoms with Gasteiger partial charge in [0.1, 0.15) is 16.6 Å². The van der Waals surface area contributed by atoms with Crippen molar-refractivity contribution >= 4 is 17.2 Å². The Morgan fingerprint density at radius 1 is 1.12 bits per heavy atom. The van der Waals surface area contributed by atoms with E-state index in [1.807, 2.05) is 5.38 Å². The summed E-state index contributed by atoms with van der Waals surface area (Å²) < 4.78 is 26.8. The van der Waals surface area contributed by atoms with Crippen molar-refractivity contribution in [3.63, 3.8) is 0 Å². The van der Waals surface area contributed by atoms with E-state index in [2.05, 4.69) is 10.3 Å². The van der Waals surface area contributed by atoms with Gasteiger partial charge in [-0.25, -0.2) is 13.8 Å². The van der Waals surface area contributed by atoms with Gasteiger partial charge in [0.25, 0.3) is 5.91 Å². The number of carbonyl (C=O) groups is 1. The summed E-state index contributed by atoms with van der Waals surface area (Å²) in [5.74, 6) is -1.30. The fourth-order valence-corrected chi connectivity index (χ4v) is 3.07. The molecule has 122 valence electrons. The predicted octanol–water partition coefficient (Wildman–Crippen LogP) is 4.06. The van der Waals surface area contributed by atoms with Gasteiger partial charge < -0.3 is 5.32 Å². The molecule has 0 atom stereocenters. The minimum absolute atomic E-state index is 0.0243. The van der Waals surface area contributed by atoms with Crippen molar-refractivity contribution in [2.24, 2.45) is 0 Å². The third-order valence-electron chi connectivity index (χ3n) is 3.41. The van der Waals surface area contributed by atoms with E-state index < -0.39 is 11.7 Å². The third-order valence-corrected chi connectivity index (χ3v) is 4.35. The van der Waals surface area contributed by atoms with E-state index in [9.17, 15) is 13.6 Å². The van der Waals surface area contributed by atoms with E-state index in [-0.39, 0.29) is 11.4 Å². The molecule has 2 aromatic carbocycles. The largest absolute Gasteiger partial charge is 0.352 e. The third kappa shape index (κ3) is 3.83. The molecule has 0 unspecified atom stereocenters. The van der Waals surface area contributed by atoms with Crippen LogP contribution < -0.4 is 5.32 Å². The summed E-state index contributed by atoms with van der Waals surface area (Å²) in [5, 5.41) is 5.27. The minimum Gasteiger partial charge on any atom is -0.352 e. The van der Waals surface area contributed by atoms with E-state index in [1.165, 1.54) is 41.7 Å². The van der Waals surface area contributed by atoms with Crippen molar-refractivity contribution in [3.05, 3.63) is 76.8 Å². The van der Waals surface area contributed by atoms with Crippen molar-refractivity contribution in [3.8, 4) is 10.6 Å². The maximum atomic E-state index is 13.5. The zero-order valence-corrected chi connectivity index (χ0v) is 13.4. The van der Waals surface area contributed by atoms with Crippen LogP contribution in [0.1, 0.15) is 16.1 Å². The van der Waals surface area contributed by atoms with Gasteiger partial charge in [-0.2, -0.15) is 0 Å². The highest BCUT2D eigenvalue weighted by Crippen LogP contribution is 2.24. The lowest BCUT2D eigenvalue weighted by atomic mass is 10.2. The van der Waals surface area contributed by atoms with Crippen LogP contribution in [-0.2, 0) is 6.42 Å². The number of hydrogen-bond acceptors (Lipinski definition) is 3. The predicted molar refractivity (Wildman–Crippen MR) is 89.9 cm³/mol. The molecule has 0 aliphatic heterocycles. The normalized spacial score (nSPS) is 10.6. The number of benzene rings is 2. The van der Waals surface area contributed by atoms with Crippen LogP contribution in [0, 0.1) is 11.6 Å². The van der Waals surface area contributed by atoms with Crippen LogP contribution in [0.15, 0.2) is 53.9 Å².